The van der Waals surface area contributed by atoms with Crippen LogP contribution in [0.4, 0.5) is 0 Å². The molecule has 4 rings (SSSR count). The van der Waals surface area contributed by atoms with E-state index in [9.17, 15) is 14.7 Å². The predicted octanol–water partition coefficient (Wildman–Crippen LogP) is 1.58. The molecule has 1 aromatic carbocycles. The standard InChI is InChI=1S/C18H18N2O6/c1-10-4-12(26-19-10)6-17(21)20-7-13(14(8-20)18(22)23)11-2-3-15-16(5-11)25-9-24-15/h2-5,13-14H,6-9H2,1H3,(H,22,23)/t13-,14+/m1/s1. The second kappa shape index (κ2) is 6.36. The number of rotatable bonds is 4. The van der Waals surface area contributed by atoms with Gasteiger partial charge in [0.05, 0.1) is 18.0 Å². The minimum absolute atomic E-state index is 0.0705. The third kappa shape index (κ3) is 2.98. The number of aryl methyl sites for hydroxylation is 1. The molecular formula is C18H18N2O6. The highest BCUT2D eigenvalue weighted by atomic mass is 16.7. The average Bonchev–Trinajstić information content (AvgIpc) is 3.32. The maximum absolute atomic E-state index is 12.6. The molecule has 0 unspecified atom stereocenters. The molecule has 2 atom stereocenters. The Morgan fingerprint density at radius 1 is 1.23 bits per heavy atom. The van der Waals surface area contributed by atoms with Gasteiger partial charge in [0.15, 0.2) is 11.5 Å². The van der Waals surface area contributed by atoms with E-state index in [4.69, 9.17) is 14.0 Å². The molecule has 2 aromatic rings. The molecule has 3 heterocycles. The van der Waals surface area contributed by atoms with Crippen LogP contribution < -0.4 is 9.47 Å². The zero-order valence-corrected chi connectivity index (χ0v) is 14.2. The molecule has 1 fully saturated rings. The van der Waals surface area contributed by atoms with Gasteiger partial charge in [0.2, 0.25) is 12.7 Å². The van der Waals surface area contributed by atoms with E-state index in [1.807, 2.05) is 6.07 Å². The van der Waals surface area contributed by atoms with E-state index in [-0.39, 0.29) is 31.6 Å². The Bertz CT molecular complexity index is 861. The Morgan fingerprint density at radius 3 is 2.77 bits per heavy atom. The number of carboxylic acid groups (broad SMARTS) is 1. The van der Waals surface area contributed by atoms with Crippen LogP contribution in [0.25, 0.3) is 0 Å². The molecule has 2 aliphatic heterocycles. The number of carbonyl (C=O) groups excluding carboxylic acids is 1. The topological polar surface area (TPSA) is 102 Å². The van der Waals surface area contributed by atoms with Crippen LogP contribution in [0, 0.1) is 12.8 Å². The molecule has 1 N–H and O–H groups in total. The van der Waals surface area contributed by atoms with Gasteiger partial charge in [0, 0.05) is 25.1 Å². The summed E-state index contributed by atoms with van der Waals surface area (Å²) in [5, 5.41) is 13.4. The average molecular weight is 358 g/mol. The first-order chi connectivity index (χ1) is 12.5. The van der Waals surface area contributed by atoms with Crippen LogP contribution >= 0.6 is 0 Å². The zero-order valence-electron chi connectivity index (χ0n) is 14.2. The lowest BCUT2D eigenvalue weighted by Crippen LogP contribution is -2.31. The van der Waals surface area contributed by atoms with Crippen LogP contribution in [0.3, 0.4) is 0 Å². The largest absolute Gasteiger partial charge is 0.481 e. The van der Waals surface area contributed by atoms with Crippen molar-refractivity contribution in [2.75, 3.05) is 19.9 Å². The molecule has 0 saturated carbocycles. The summed E-state index contributed by atoms with van der Waals surface area (Å²) in [4.78, 5) is 25.9. The molecule has 0 radical (unpaired) electrons. The summed E-state index contributed by atoms with van der Waals surface area (Å²) in [5.41, 5.74) is 1.53. The summed E-state index contributed by atoms with van der Waals surface area (Å²) >= 11 is 0. The van der Waals surface area contributed by atoms with Crippen LogP contribution in [0.1, 0.15) is 22.9 Å². The van der Waals surface area contributed by atoms with E-state index < -0.39 is 11.9 Å². The fourth-order valence-electron chi connectivity index (χ4n) is 3.50. The summed E-state index contributed by atoms with van der Waals surface area (Å²) in [7, 11) is 0. The molecule has 0 spiro atoms. The predicted molar refractivity (Wildman–Crippen MR) is 88.0 cm³/mol. The van der Waals surface area contributed by atoms with Gasteiger partial charge in [-0.25, -0.2) is 0 Å². The number of amides is 1. The summed E-state index contributed by atoms with van der Waals surface area (Å²) in [6.07, 6.45) is 0.0705. The van der Waals surface area contributed by atoms with Gasteiger partial charge in [-0.1, -0.05) is 11.2 Å². The lowest BCUT2D eigenvalue weighted by atomic mass is 9.89. The summed E-state index contributed by atoms with van der Waals surface area (Å²) in [5.74, 6) is -0.334. The van der Waals surface area contributed by atoms with E-state index >= 15 is 0 Å². The van der Waals surface area contributed by atoms with Crippen molar-refractivity contribution in [2.24, 2.45) is 5.92 Å². The van der Waals surface area contributed by atoms with Crippen molar-refractivity contribution < 1.29 is 28.7 Å². The number of hydrogen-bond acceptors (Lipinski definition) is 6. The first-order valence-corrected chi connectivity index (χ1v) is 8.33. The third-order valence-electron chi connectivity index (χ3n) is 4.82. The number of ether oxygens (including phenoxy) is 2. The van der Waals surface area contributed by atoms with Crippen LogP contribution in [0.15, 0.2) is 28.8 Å². The molecule has 1 saturated heterocycles. The van der Waals surface area contributed by atoms with Gasteiger partial charge in [0.1, 0.15) is 5.76 Å². The Balaban J connectivity index is 1.53. The number of aromatic nitrogens is 1. The fraction of sp³-hybridized carbons (Fsp3) is 0.389. The number of aliphatic carboxylic acids is 1. The van der Waals surface area contributed by atoms with Crippen LogP contribution in [-0.2, 0) is 16.0 Å². The van der Waals surface area contributed by atoms with Crippen molar-refractivity contribution >= 4 is 11.9 Å². The molecule has 0 bridgehead atoms. The van der Waals surface area contributed by atoms with Crippen LogP contribution in [0.5, 0.6) is 11.5 Å². The van der Waals surface area contributed by atoms with Crippen LogP contribution in [0.2, 0.25) is 0 Å². The Kier molecular flexibility index (Phi) is 4.02. The highest BCUT2D eigenvalue weighted by Crippen LogP contribution is 2.39. The highest BCUT2D eigenvalue weighted by molar-refractivity contribution is 5.81. The minimum atomic E-state index is -0.918. The van der Waals surface area contributed by atoms with Crippen molar-refractivity contribution in [3.05, 3.63) is 41.3 Å². The van der Waals surface area contributed by atoms with Crippen molar-refractivity contribution in [1.82, 2.24) is 10.1 Å². The molecular weight excluding hydrogens is 340 g/mol. The number of carbonyl (C=O) groups is 2. The van der Waals surface area contributed by atoms with Crippen molar-refractivity contribution in [3.8, 4) is 11.5 Å². The molecule has 8 heteroatoms. The van der Waals surface area contributed by atoms with Crippen molar-refractivity contribution in [1.29, 1.82) is 0 Å². The Hall–Kier alpha value is -3.03. The van der Waals surface area contributed by atoms with E-state index in [0.717, 1.165) is 5.56 Å². The van der Waals surface area contributed by atoms with Gasteiger partial charge in [-0.2, -0.15) is 0 Å². The maximum atomic E-state index is 12.6. The molecule has 26 heavy (non-hydrogen) atoms. The zero-order chi connectivity index (χ0) is 18.3. The molecule has 136 valence electrons. The van der Waals surface area contributed by atoms with Gasteiger partial charge >= 0.3 is 5.97 Å². The third-order valence-corrected chi connectivity index (χ3v) is 4.82. The van der Waals surface area contributed by atoms with E-state index in [1.165, 1.54) is 0 Å². The van der Waals surface area contributed by atoms with Crippen molar-refractivity contribution in [3.63, 3.8) is 0 Å². The summed E-state index contributed by atoms with van der Waals surface area (Å²) in [6, 6.07) is 7.12. The fourth-order valence-corrected chi connectivity index (χ4v) is 3.50. The van der Waals surface area contributed by atoms with Gasteiger partial charge in [-0.15, -0.1) is 0 Å². The maximum Gasteiger partial charge on any atom is 0.308 e. The van der Waals surface area contributed by atoms with Gasteiger partial charge in [-0.05, 0) is 24.6 Å². The SMILES string of the molecule is Cc1cc(CC(=O)N2C[C@H](C(=O)O)[C@@H](c3ccc4c(c3)OCO4)C2)on1. The van der Waals surface area contributed by atoms with Gasteiger partial charge in [-0.3, -0.25) is 9.59 Å². The van der Waals surface area contributed by atoms with Crippen molar-refractivity contribution in [2.45, 2.75) is 19.3 Å². The second-order valence-electron chi connectivity index (χ2n) is 6.57. The summed E-state index contributed by atoms with van der Waals surface area (Å²) in [6.45, 7) is 2.44. The Morgan fingerprint density at radius 2 is 2.04 bits per heavy atom. The quantitative estimate of drug-likeness (QED) is 0.885. The highest BCUT2D eigenvalue weighted by Gasteiger charge is 2.41. The van der Waals surface area contributed by atoms with Crippen LogP contribution in [-0.4, -0.2) is 46.9 Å². The molecule has 2 aliphatic rings. The number of nitrogens with zero attached hydrogens (tertiary/aromatic N) is 2. The first kappa shape index (κ1) is 16.4. The smallest absolute Gasteiger partial charge is 0.308 e. The molecule has 8 nitrogen and oxygen atoms in total. The lowest BCUT2D eigenvalue weighted by Gasteiger charge is -2.16. The van der Waals surface area contributed by atoms with E-state index in [0.29, 0.717) is 29.5 Å². The molecule has 1 aromatic heterocycles. The van der Waals surface area contributed by atoms with E-state index in [2.05, 4.69) is 5.16 Å². The van der Waals surface area contributed by atoms with Gasteiger partial charge in [0.25, 0.3) is 0 Å². The normalized spacial score (nSPS) is 21.2. The lowest BCUT2D eigenvalue weighted by molar-refractivity contribution is -0.141. The van der Waals surface area contributed by atoms with Gasteiger partial charge < -0.3 is 24.0 Å². The number of fused-ring (bicyclic) bond motifs is 1. The molecule has 1 amide bonds. The van der Waals surface area contributed by atoms with E-state index in [1.54, 1.807) is 30.0 Å². The molecule has 0 aliphatic carbocycles. The number of likely N-dealkylation sites (tertiary alicyclic amines) is 1. The monoisotopic (exact) mass is 358 g/mol. The number of hydrogen-bond donors (Lipinski definition) is 1. The summed E-state index contributed by atoms with van der Waals surface area (Å²) < 4.78 is 15.8. The first-order valence-electron chi connectivity index (χ1n) is 8.33. The number of benzene rings is 1. The minimum Gasteiger partial charge on any atom is -0.481 e. The number of carboxylic acids is 1. The Labute approximate surface area is 149 Å². The second-order valence-corrected chi connectivity index (χ2v) is 6.57.